The van der Waals surface area contributed by atoms with Gasteiger partial charge in [-0.1, -0.05) is 6.92 Å². The van der Waals surface area contributed by atoms with Gasteiger partial charge < -0.3 is 15.5 Å². The third-order valence-electron chi connectivity index (χ3n) is 4.50. The molecule has 0 radical (unpaired) electrons. The van der Waals surface area contributed by atoms with Gasteiger partial charge in [0.15, 0.2) is 0 Å². The molecule has 0 saturated carbocycles. The van der Waals surface area contributed by atoms with Crippen molar-refractivity contribution in [3.63, 3.8) is 0 Å². The summed E-state index contributed by atoms with van der Waals surface area (Å²) >= 11 is 0. The monoisotopic (exact) mass is 367 g/mol. The first-order valence-corrected chi connectivity index (χ1v) is 9.17. The molecule has 1 aliphatic rings. The smallest absolute Gasteiger partial charge is 0.251 e. The molecule has 1 aliphatic heterocycles. The molecular weight excluding hydrogens is 340 g/mol. The Bertz CT molecular complexity index is 605. The second-order valence-corrected chi connectivity index (χ2v) is 6.95. The van der Waals surface area contributed by atoms with Crippen molar-refractivity contribution >= 4 is 11.8 Å². The molecule has 1 fully saturated rings. The number of piperidine rings is 1. The Labute approximate surface area is 153 Å². The molecule has 0 aliphatic carbocycles. The van der Waals surface area contributed by atoms with Gasteiger partial charge in [-0.2, -0.15) is 0 Å². The number of nitrogens with one attached hydrogen (secondary N) is 2. The molecular formula is C19H27F2N3O2. The molecule has 2 amide bonds. The van der Waals surface area contributed by atoms with Crippen LogP contribution in [0.15, 0.2) is 18.2 Å². The summed E-state index contributed by atoms with van der Waals surface area (Å²) in [4.78, 5) is 26.0. The highest BCUT2D eigenvalue weighted by atomic mass is 19.1. The summed E-state index contributed by atoms with van der Waals surface area (Å²) in [6.07, 6.45) is 4.45. The van der Waals surface area contributed by atoms with Crippen molar-refractivity contribution in [1.29, 1.82) is 0 Å². The van der Waals surface area contributed by atoms with Crippen LogP contribution in [0.5, 0.6) is 0 Å². The van der Waals surface area contributed by atoms with Gasteiger partial charge in [-0.15, -0.1) is 0 Å². The average molecular weight is 367 g/mol. The van der Waals surface area contributed by atoms with E-state index in [4.69, 9.17) is 0 Å². The van der Waals surface area contributed by atoms with Gasteiger partial charge in [0.1, 0.15) is 11.6 Å². The molecule has 0 aromatic heterocycles. The van der Waals surface area contributed by atoms with Crippen LogP contribution in [-0.2, 0) is 4.79 Å². The van der Waals surface area contributed by atoms with Gasteiger partial charge in [-0.05, 0) is 56.8 Å². The Morgan fingerprint density at radius 2 is 1.88 bits per heavy atom. The van der Waals surface area contributed by atoms with E-state index in [0.717, 1.165) is 50.5 Å². The van der Waals surface area contributed by atoms with Crippen LogP contribution in [0.3, 0.4) is 0 Å². The number of amides is 2. The lowest BCUT2D eigenvalue weighted by molar-refractivity contribution is -0.120. The minimum Gasteiger partial charge on any atom is -0.355 e. The lowest BCUT2D eigenvalue weighted by Gasteiger charge is -2.30. The molecule has 144 valence electrons. The number of unbranched alkanes of at least 4 members (excludes halogenated alkanes) is 1. The van der Waals surface area contributed by atoms with E-state index in [2.05, 4.69) is 22.5 Å². The van der Waals surface area contributed by atoms with E-state index < -0.39 is 17.5 Å². The van der Waals surface area contributed by atoms with Crippen molar-refractivity contribution < 1.29 is 18.4 Å². The topological polar surface area (TPSA) is 61.4 Å². The van der Waals surface area contributed by atoms with Crippen LogP contribution in [0.25, 0.3) is 0 Å². The highest BCUT2D eigenvalue weighted by molar-refractivity contribution is 5.96. The fraction of sp³-hybridized carbons (Fsp3) is 0.579. The number of benzene rings is 1. The van der Waals surface area contributed by atoms with Gasteiger partial charge in [-0.3, -0.25) is 9.59 Å². The minimum absolute atomic E-state index is 0.147. The van der Waals surface area contributed by atoms with Gasteiger partial charge in [0.05, 0.1) is 6.54 Å². The maximum absolute atomic E-state index is 13.1. The lowest BCUT2D eigenvalue weighted by Crippen LogP contribution is -2.38. The summed E-state index contributed by atoms with van der Waals surface area (Å²) in [6, 6.07) is 2.55. The van der Waals surface area contributed by atoms with Crippen molar-refractivity contribution in [3.8, 4) is 0 Å². The van der Waals surface area contributed by atoms with Crippen molar-refractivity contribution in [2.45, 2.75) is 32.6 Å². The molecule has 1 aromatic carbocycles. The van der Waals surface area contributed by atoms with Gasteiger partial charge in [0.2, 0.25) is 5.91 Å². The second kappa shape index (κ2) is 10.2. The standard InChI is InChI=1S/C19H27F2N3O2/c1-14-5-4-8-24(13-14)7-3-2-6-22-18(25)12-23-19(26)15-9-16(20)11-17(21)10-15/h9-11,14H,2-8,12-13H2,1H3,(H,22,25)(H,23,26). The summed E-state index contributed by atoms with van der Waals surface area (Å²) in [5, 5.41) is 5.10. The first-order valence-electron chi connectivity index (χ1n) is 9.17. The molecule has 0 bridgehead atoms. The van der Waals surface area contributed by atoms with Crippen LogP contribution < -0.4 is 10.6 Å². The number of halogens is 2. The Kier molecular flexibility index (Phi) is 7.97. The largest absolute Gasteiger partial charge is 0.355 e. The van der Waals surface area contributed by atoms with Crippen LogP contribution in [0.4, 0.5) is 8.78 Å². The number of hydrogen-bond acceptors (Lipinski definition) is 3. The summed E-state index contributed by atoms with van der Waals surface area (Å²) in [5.74, 6) is -1.90. The van der Waals surface area contributed by atoms with E-state index in [1.54, 1.807) is 0 Å². The predicted molar refractivity (Wildman–Crippen MR) is 95.8 cm³/mol. The molecule has 5 nitrogen and oxygen atoms in total. The van der Waals surface area contributed by atoms with Crippen LogP contribution in [0.1, 0.15) is 43.0 Å². The summed E-state index contributed by atoms with van der Waals surface area (Å²) in [5.41, 5.74) is -0.147. The molecule has 26 heavy (non-hydrogen) atoms. The van der Waals surface area contributed by atoms with E-state index in [1.165, 1.54) is 12.8 Å². The zero-order valence-corrected chi connectivity index (χ0v) is 15.2. The highest BCUT2D eigenvalue weighted by Crippen LogP contribution is 2.15. The van der Waals surface area contributed by atoms with Crippen molar-refractivity contribution in [2.75, 3.05) is 32.7 Å². The molecule has 1 atom stereocenters. The molecule has 1 heterocycles. The second-order valence-electron chi connectivity index (χ2n) is 6.95. The number of carbonyl (C=O) groups excluding carboxylic acids is 2. The number of likely N-dealkylation sites (tertiary alicyclic amines) is 1. The van der Waals surface area contributed by atoms with E-state index in [0.29, 0.717) is 12.6 Å². The Hall–Kier alpha value is -2.02. The van der Waals surface area contributed by atoms with Crippen LogP contribution in [0.2, 0.25) is 0 Å². The van der Waals surface area contributed by atoms with E-state index >= 15 is 0 Å². The van der Waals surface area contributed by atoms with E-state index in [1.807, 2.05) is 0 Å². The van der Waals surface area contributed by atoms with E-state index in [-0.39, 0.29) is 18.0 Å². The fourth-order valence-corrected chi connectivity index (χ4v) is 3.19. The molecule has 1 aromatic rings. The van der Waals surface area contributed by atoms with Crippen LogP contribution >= 0.6 is 0 Å². The molecule has 0 spiro atoms. The summed E-state index contributed by atoms with van der Waals surface area (Å²) < 4.78 is 26.2. The van der Waals surface area contributed by atoms with Gasteiger partial charge in [0, 0.05) is 24.7 Å². The number of hydrogen-bond donors (Lipinski definition) is 2. The summed E-state index contributed by atoms with van der Waals surface area (Å²) in [6.45, 7) is 5.96. The number of rotatable bonds is 8. The Balaban J connectivity index is 1.58. The zero-order valence-electron chi connectivity index (χ0n) is 15.2. The first kappa shape index (κ1) is 20.3. The average Bonchev–Trinajstić information content (AvgIpc) is 2.58. The van der Waals surface area contributed by atoms with Gasteiger partial charge >= 0.3 is 0 Å². The van der Waals surface area contributed by atoms with Crippen LogP contribution in [-0.4, -0.2) is 49.4 Å². The third kappa shape index (κ3) is 7.07. The Morgan fingerprint density at radius 1 is 1.15 bits per heavy atom. The molecule has 1 saturated heterocycles. The SMILES string of the molecule is CC1CCCN(CCCCNC(=O)CNC(=O)c2cc(F)cc(F)c2)C1. The highest BCUT2D eigenvalue weighted by Gasteiger charge is 2.15. The molecule has 1 unspecified atom stereocenters. The van der Waals surface area contributed by atoms with Crippen molar-refractivity contribution in [3.05, 3.63) is 35.4 Å². The van der Waals surface area contributed by atoms with Gasteiger partial charge in [0.25, 0.3) is 5.91 Å². The normalized spacial score (nSPS) is 17.7. The number of carbonyl (C=O) groups is 2. The van der Waals surface area contributed by atoms with Crippen molar-refractivity contribution in [1.82, 2.24) is 15.5 Å². The van der Waals surface area contributed by atoms with Gasteiger partial charge in [-0.25, -0.2) is 8.78 Å². The zero-order chi connectivity index (χ0) is 18.9. The molecule has 7 heteroatoms. The lowest BCUT2D eigenvalue weighted by atomic mass is 10.0. The third-order valence-corrected chi connectivity index (χ3v) is 4.50. The predicted octanol–water partition coefficient (Wildman–Crippen LogP) is 2.32. The van der Waals surface area contributed by atoms with Crippen LogP contribution in [0, 0.1) is 17.6 Å². The minimum atomic E-state index is -0.831. The maximum Gasteiger partial charge on any atom is 0.251 e. The fourth-order valence-electron chi connectivity index (χ4n) is 3.19. The molecule has 2 rings (SSSR count). The number of nitrogens with zero attached hydrogens (tertiary/aromatic N) is 1. The van der Waals surface area contributed by atoms with E-state index in [9.17, 15) is 18.4 Å². The first-order chi connectivity index (χ1) is 12.4. The Morgan fingerprint density at radius 3 is 2.58 bits per heavy atom. The molecule has 2 N–H and O–H groups in total. The quantitative estimate of drug-likeness (QED) is 0.693. The van der Waals surface area contributed by atoms with Crippen molar-refractivity contribution in [2.24, 2.45) is 5.92 Å². The summed E-state index contributed by atoms with van der Waals surface area (Å²) in [7, 11) is 0. The maximum atomic E-state index is 13.1.